The number of nitrogens with one attached hydrogen (secondary N) is 3. The number of hydrogen-bond donors (Lipinski definition) is 3. The number of carbonyl (C=O) groups excluding carboxylic acids is 2. The molecule has 0 unspecified atom stereocenters. The Bertz CT molecular complexity index is 535. The third kappa shape index (κ3) is 3.98. The highest BCUT2D eigenvalue weighted by molar-refractivity contribution is 6.01. The topological polar surface area (TPSA) is 90.8 Å². The lowest BCUT2D eigenvalue weighted by Crippen LogP contribution is -2.42. The van der Waals surface area contributed by atoms with E-state index in [1.165, 1.54) is 4.90 Å². The molecular weight excluding hydrogens is 272 g/mol. The molecule has 1 aromatic heterocycles. The van der Waals surface area contributed by atoms with E-state index in [1.807, 2.05) is 30.1 Å². The van der Waals surface area contributed by atoms with Gasteiger partial charge in [0, 0.05) is 46.1 Å². The number of hydrogen-bond acceptors (Lipinski definition) is 3. The molecule has 1 fully saturated rings. The number of rotatable bonds is 5. The van der Waals surface area contributed by atoms with Crippen LogP contribution in [-0.2, 0) is 18.4 Å². The van der Waals surface area contributed by atoms with Crippen molar-refractivity contribution in [1.82, 2.24) is 25.4 Å². The van der Waals surface area contributed by atoms with Crippen LogP contribution in [0.2, 0.25) is 0 Å². The van der Waals surface area contributed by atoms with Crippen LogP contribution in [-0.4, -0.2) is 54.0 Å². The fraction of sp³-hybridized carbons (Fsp3) is 0.462. The molecule has 21 heavy (non-hydrogen) atoms. The molecule has 2 heterocycles. The van der Waals surface area contributed by atoms with Gasteiger partial charge in [-0.2, -0.15) is 0 Å². The summed E-state index contributed by atoms with van der Waals surface area (Å²) in [5, 5.41) is 8.72. The lowest BCUT2D eigenvalue weighted by atomic mass is 10.3. The fourth-order valence-corrected chi connectivity index (χ4v) is 2.04. The van der Waals surface area contributed by atoms with Gasteiger partial charge in [-0.05, 0) is 11.6 Å². The third-order valence-corrected chi connectivity index (χ3v) is 3.14. The van der Waals surface area contributed by atoms with Crippen molar-refractivity contribution in [1.29, 1.82) is 0 Å². The zero-order valence-corrected chi connectivity index (χ0v) is 12.2. The number of urea groups is 1. The summed E-state index contributed by atoms with van der Waals surface area (Å²) in [7, 11) is 3.64. The zero-order chi connectivity index (χ0) is 15.2. The molecule has 0 saturated carbocycles. The molecule has 3 N–H and O–H groups in total. The van der Waals surface area contributed by atoms with Gasteiger partial charge in [0.2, 0.25) is 5.91 Å². The first-order valence-electron chi connectivity index (χ1n) is 6.73. The summed E-state index contributed by atoms with van der Waals surface area (Å²) in [5.74, 6) is 0.430. The van der Waals surface area contributed by atoms with E-state index in [0.29, 0.717) is 25.6 Å². The average Bonchev–Trinajstić information content (AvgIpc) is 3.02. The maximum absolute atomic E-state index is 11.4. The Morgan fingerprint density at radius 3 is 2.81 bits per heavy atom. The largest absolute Gasteiger partial charge is 0.357 e. The molecule has 0 aromatic carbocycles. The van der Waals surface area contributed by atoms with E-state index in [1.54, 1.807) is 7.05 Å². The first kappa shape index (κ1) is 14.9. The normalized spacial score (nSPS) is 15.3. The van der Waals surface area contributed by atoms with Crippen molar-refractivity contribution in [2.24, 2.45) is 12.0 Å². The van der Waals surface area contributed by atoms with Crippen LogP contribution in [0, 0.1) is 0 Å². The lowest BCUT2D eigenvalue weighted by Gasteiger charge is -2.15. The molecule has 1 aliphatic heterocycles. The number of aliphatic imine (C=N–C) groups is 1. The van der Waals surface area contributed by atoms with Gasteiger partial charge in [0.1, 0.15) is 0 Å². The Morgan fingerprint density at radius 1 is 1.43 bits per heavy atom. The summed E-state index contributed by atoms with van der Waals surface area (Å²) in [6.07, 6.45) is 4.00. The second-order valence-corrected chi connectivity index (χ2v) is 4.74. The highest BCUT2D eigenvalue weighted by Gasteiger charge is 2.27. The van der Waals surface area contributed by atoms with Crippen LogP contribution in [0.4, 0.5) is 4.79 Å². The number of nitrogens with zero attached hydrogens (tertiary/aromatic N) is 3. The minimum atomic E-state index is -0.339. The van der Waals surface area contributed by atoms with E-state index in [9.17, 15) is 9.59 Å². The van der Waals surface area contributed by atoms with E-state index >= 15 is 0 Å². The molecular formula is C13H20N6O2. The highest BCUT2D eigenvalue weighted by Crippen LogP contribution is 1.99. The van der Waals surface area contributed by atoms with Crippen molar-refractivity contribution in [2.75, 3.05) is 26.7 Å². The number of amides is 3. The molecule has 0 spiro atoms. The molecule has 114 valence electrons. The number of aromatic nitrogens is 1. The summed E-state index contributed by atoms with van der Waals surface area (Å²) in [4.78, 5) is 28.1. The van der Waals surface area contributed by atoms with Crippen LogP contribution in [0.1, 0.15) is 5.56 Å². The summed E-state index contributed by atoms with van der Waals surface area (Å²) in [6.45, 7) is 1.51. The van der Waals surface area contributed by atoms with Gasteiger partial charge in [0.15, 0.2) is 5.96 Å². The first-order valence-corrected chi connectivity index (χ1v) is 6.73. The van der Waals surface area contributed by atoms with Gasteiger partial charge in [-0.15, -0.1) is 0 Å². The molecule has 3 amide bonds. The van der Waals surface area contributed by atoms with Gasteiger partial charge in [-0.3, -0.25) is 14.7 Å². The molecule has 0 aliphatic carbocycles. The monoisotopic (exact) mass is 292 g/mol. The van der Waals surface area contributed by atoms with Crippen LogP contribution in [0.15, 0.2) is 23.5 Å². The molecule has 2 rings (SSSR count). The maximum atomic E-state index is 11.4. The maximum Gasteiger partial charge on any atom is 0.324 e. The van der Waals surface area contributed by atoms with Gasteiger partial charge < -0.3 is 20.5 Å². The Labute approximate surface area is 123 Å². The third-order valence-electron chi connectivity index (χ3n) is 3.14. The Balaban J connectivity index is 1.73. The number of aryl methyl sites for hydroxylation is 1. The van der Waals surface area contributed by atoms with Gasteiger partial charge in [-0.25, -0.2) is 4.79 Å². The standard InChI is InChI=1S/C13H20N6O2/c1-14-12(16-7-10-3-5-18(2)9-10)15-4-6-19-11(20)8-17-13(19)21/h3,5,9H,4,6-8H2,1-2H3,(H,17,21)(H2,14,15,16). The Morgan fingerprint density at radius 2 is 2.24 bits per heavy atom. The molecule has 8 heteroatoms. The molecule has 8 nitrogen and oxygen atoms in total. The SMILES string of the molecule is CN=C(NCCN1C(=O)CNC1=O)NCc1ccn(C)c1. The van der Waals surface area contributed by atoms with Crippen molar-refractivity contribution in [3.63, 3.8) is 0 Å². The van der Waals surface area contributed by atoms with Crippen LogP contribution in [0.5, 0.6) is 0 Å². The van der Waals surface area contributed by atoms with Crippen LogP contribution >= 0.6 is 0 Å². The van der Waals surface area contributed by atoms with Crippen molar-refractivity contribution in [3.8, 4) is 0 Å². The number of carbonyl (C=O) groups is 2. The zero-order valence-electron chi connectivity index (χ0n) is 12.2. The molecule has 1 saturated heterocycles. The van der Waals surface area contributed by atoms with E-state index in [0.717, 1.165) is 5.56 Å². The van der Waals surface area contributed by atoms with Crippen molar-refractivity contribution < 1.29 is 9.59 Å². The summed E-state index contributed by atoms with van der Waals surface area (Å²) in [5.41, 5.74) is 1.15. The van der Waals surface area contributed by atoms with Crippen molar-refractivity contribution in [3.05, 3.63) is 24.0 Å². The second-order valence-electron chi connectivity index (χ2n) is 4.74. The van der Waals surface area contributed by atoms with E-state index in [-0.39, 0.29) is 18.5 Å². The van der Waals surface area contributed by atoms with E-state index in [2.05, 4.69) is 20.9 Å². The van der Waals surface area contributed by atoms with Gasteiger partial charge in [-0.1, -0.05) is 0 Å². The smallest absolute Gasteiger partial charge is 0.324 e. The predicted molar refractivity (Wildman–Crippen MR) is 78.7 cm³/mol. The average molecular weight is 292 g/mol. The summed E-state index contributed by atoms with van der Waals surface area (Å²) in [6, 6.07) is 1.68. The molecule has 0 radical (unpaired) electrons. The van der Waals surface area contributed by atoms with Gasteiger partial charge in [0.25, 0.3) is 0 Å². The van der Waals surface area contributed by atoms with Crippen molar-refractivity contribution >= 4 is 17.9 Å². The van der Waals surface area contributed by atoms with Gasteiger partial charge in [0.05, 0.1) is 6.54 Å². The molecule has 0 atom stereocenters. The molecule has 1 aromatic rings. The minimum absolute atomic E-state index is 0.0831. The first-order chi connectivity index (χ1) is 10.1. The Kier molecular flexibility index (Phi) is 4.81. The number of imide groups is 1. The Hall–Kier alpha value is -2.51. The second kappa shape index (κ2) is 6.78. The van der Waals surface area contributed by atoms with Gasteiger partial charge >= 0.3 is 6.03 Å². The summed E-state index contributed by atoms with van der Waals surface area (Å²) < 4.78 is 1.98. The fourth-order valence-electron chi connectivity index (χ4n) is 2.04. The van der Waals surface area contributed by atoms with Crippen LogP contribution < -0.4 is 16.0 Å². The summed E-state index contributed by atoms with van der Waals surface area (Å²) >= 11 is 0. The minimum Gasteiger partial charge on any atom is -0.357 e. The van der Waals surface area contributed by atoms with Crippen LogP contribution in [0.25, 0.3) is 0 Å². The lowest BCUT2D eigenvalue weighted by molar-refractivity contribution is -0.124. The molecule has 1 aliphatic rings. The van der Waals surface area contributed by atoms with Crippen molar-refractivity contribution in [2.45, 2.75) is 6.54 Å². The van der Waals surface area contributed by atoms with E-state index < -0.39 is 0 Å². The highest BCUT2D eigenvalue weighted by atomic mass is 16.2. The quantitative estimate of drug-likeness (QED) is 0.378. The predicted octanol–water partition coefficient (Wildman–Crippen LogP) is -0.758. The number of guanidine groups is 1. The molecule has 0 bridgehead atoms. The van der Waals surface area contributed by atoms with Crippen LogP contribution in [0.3, 0.4) is 0 Å². The van der Waals surface area contributed by atoms with E-state index in [4.69, 9.17) is 0 Å².